The Hall–Kier alpha value is -8.04. The van der Waals surface area contributed by atoms with Gasteiger partial charge in [-0.15, -0.1) is 0 Å². The Labute approximate surface area is 508 Å². The zero-order valence-corrected chi connectivity index (χ0v) is 50.9. The molecular weight excluding hydrogens is 1060 g/mol. The number of carbonyl (C=O) groups is 2. The van der Waals surface area contributed by atoms with Gasteiger partial charge in [-0.25, -0.2) is 14.8 Å². The Morgan fingerprint density at radius 2 is 1.06 bits per heavy atom. The van der Waals surface area contributed by atoms with Crippen LogP contribution in [0, 0.1) is 46.3 Å². The molecule has 3 fully saturated rings. The van der Waals surface area contributed by atoms with Crippen LogP contribution in [0.3, 0.4) is 0 Å². The molecule has 0 unspecified atom stereocenters. The van der Waals surface area contributed by atoms with E-state index in [1.807, 2.05) is 42.5 Å². The number of rotatable bonds is 16. The zero-order valence-electron chi connectivity index (χ0n) is 50.9. The highest BCUT2D eigenvalue weighted by molar-refractivity contribution is 6.00. The number of unbranched alkanes of at least 4 members (excludes halogenated alkanes) is 1. The number of ether oxygens (including phenoxy) is 1. The van der Waals surface area contributed by atoms with Crippen LogP contribution in [0.1, 0.15) is 151 Å². The van der Waals surface area contributed by atoms with E-state index in [2.05, 4.69) is 183 Å². The lowest BCUT2D eigenvalue weighted by molar-refractivity contribution is -0.0581. The van der Waals surface area contributed by atoms with E-state index >= 15 is 0 Å². The van der Waals surface area contributed by atoms with Crippen molar-refractivity contribution in [3.63, 3.8) is 0 Å². The number of aromatic nitrogens is 4. The fourth-order valence-corrected chi connectivity index (χ4v) is 16.7. The van der Waals surface area contributed by atoms with Gasteiger partial charge in [-0.05, 0) is 187 Å². The van der Waals surface area contributed by atoms with Gasteiger partial charge in [0.15, 0.2) is 0 Å². The number of H-pyrrole nitrogens is 2. The van der Waals surface area contributed by atoms with E-state index in [0.717, 1.165) is 157 Å². The lowest BCUT2D eigenvalue weighted by Gasteiger charge is -2.58. The average molecular weight is 1140 g/mol. The first-order valence-corrected chi connectivity index (χ1v) is 32.3. The SMILES string of the molecule is CC(C)CCC[C@@H](C)[C@H]1CC[C@H]2[C@@H]3CC=C4C[C@@H](OC(=O)NCCCCNC(=O)c5ccc(-c6c7nc(c(-c8ccccc8)c8ccc([nH]8)c(-c8ccccc8)c8nc(c(-c9ccccc9)c9ccc6[nH]9)C=C8)C=C7)cc5)CC[C@]4(C)[C@H]3CC[C@]12C. The first kappa shape index (κ1) is 57.1. The number of hydrogen-bond acceptors (Lipinski definition) is 5. The number of amides is 2. The summed E-state index contributed by atoms with van der Waals surface area (Å²) >= 11 is 0. The molecule has 6 aliphatic rings. The molecule has 3 aromatic heterocycles. The summed E-state index contributed by atoms with van der Waals surface area (Å²) in [4.78, 5) is 45.4. The molecule has 86 heavy (non-hydrogen) atoms. The predicted molar refractivity (Wildman–Crippen MR) is 353 cm³/mol. The summed E-state index contributed by atoms with van der Waals surface area (Å²) in [6, 6.07) is 47.7. The van der Waals surface area contributed by atoms with Crippen molar-refractivity contribution in [2.45, 2.75) is 124 Å². The van der Waals surface area contributed by atoms with E-state index in [4.69, 9.17) is 14.7 Å². The van der Waals surface area contributed by atoms with Crippen molar-refractivity contribution >= 4 is 58.4 Å². The summed E-state index contributed by atoms with van der Waals surface area (Å²) in [5, 5.41) is 6.15. The Balaban J connectivity index is 0.681. The molecule has 2 aliphatic heterocycles. The summed E-state index contributed by atoms with van der Waals surface area (Å²) in [6.45, 7) is 13.5. The lowest BCUT2D eigenvalue weighted by Crippen LogP contribution is -2.51. The standard InChI is InChI=1S/C77H84N6O3/c1-49(2)18-17-19-50(3)59-32-33-60-58-31-30-56-48-57(42-44-76(56,4)61(58)43-45-77(59,60)5)86-75(85)79-47-16-15-46-78-74(84)55-28-26-54(27-29-55)73-68-40-38-66(82-68)71(52-22-11-7-12-23-52)64-36-34-62(80-64)70(51-20-9-6-10-21-51)63-35-37-65(81-63)72(53-24-13-8-14-25-53)67-39-41-69(73)83-67/h6-14,20-30,34-41,49-50,57-61,80,83H,15-19,31-33,42-48H2,1-5H3,(H,78,84)(H,79,85)/t50-,57+,58+,59-,60+,61+,76+,77-/m1/s1. The number of aromatic amines is 2. The van der Waals surface area contributed by atoms with Crippen LogP contribution in [0.5, 0.6) is 0 Å². The quantitative estimate of drug-likeness (QED) is 0.0567. The van der Waals surface area contributed by atoms with Gasteiger partial charge in [-0.2, -0.15) is 0 Å². The van der Waals surface area contributed by atoms with Crippen molar-refractivity contribution in [2.75, 3.05) is 13.1 Å². The first-order chi connectivity index (χ1) is 41.9. The summed E-state index contributed by atoms with van der Waals surface area (Å²) < 4.78 is 6.12. The van der Waals surface area contributed by atoms with Crippen LogP contribution >= 0.6 is 0 Å². The van der Waals surface area contributed by atoms with Gasteiger partial charge in [0.05, 0.1) is 22.8 Å². The summed E-state index contributed by atoms with van der Waals surface area (Å²) in [6.07, 6.45) is 25.8. The molecule has 9 nitrogen and oxygen atoms in total. The van der Waals surface area contributed by atoms with Gasteiger partial charge in [0.2, 0.25) is 0 Å². The van der Waals surface area contributed by atoms with Crippen molar-refractivity contribution in [1.29, 1.82) is 0 Å². The fourth-order valence-electron chi connectivity index (χ4n) is 16.7. The van der Waals surface area contributed by atoms with Crippen LogP contribution in [-0.2, 0) is 4.74 Å². The topological polar surface area (TPSA) is 125 Å². The average Bonchev–Trinajstić information content (AvgIpc) is 1.39. The molecule has 4 aliphatic carbocycles. The molecule has 8 atom stereocenters. The minimum absolute atomic E-state index is 0.0829. The van der Waals surface area contributed by atoms with Crippen molar-refractivity contribution in [3.8, 4) is 44.5 Å². The molecular formula is C77H84N6O3. The van der Waals surface area contributed by atoms with E-state index < -0.39 is 0 Å². The van der Waals surface area contributed by atoms with Crippen molar-refractivity contribution < 1.29 is 14.3 Å². The maximum Gasteiger partial charge on any atom is 0.407 e. The van der Waals surface area contributed by atoms with E-state index in [1.54, 1.807) is 5.57 Å². The summed E-state index contributed by atoms with van der Waals surface area (Å²) in [5.41, 5.74) is 17.8. The van der Waals surface area contributed by atoms with Gasteiger partial charge in [-0.3, -0.25) is 4.79 Å². The highest BCUT2D eigenvalue weighted by atomic mass is 16.6. The Kier molecular flexibility index (Phi) is 16.2. The molecule has 0 saturated heterocycles. The van der Waals surface area contributed by atoms with Crippen LogP contribution in [0.15, 0.2) is 151 Å². The van der Waals surface area contributed by atoms with E-state index in [9.17, 15) is 9.59 Å². The zero-order chi connectivity index (χ0) is 58.9. The van der Waals surface area contributed by atoms with Gasteiger partial charge >= 0.3 is 6.09 Å². The van der Waals surface area contributed by atoms with Gasteiger partial charge < -0.3 is 25.3 Å². The van der Waals surface area contributed by atoms with Crippen molar-refractivity contribution in [2.24, 2.45) is 46.3 Å². The number of allylic oxidation sites excluding steroid dienone is 1. The smallest absolute Gasteiger partial charge is 0.407 e. The van der Waals surface area contributed by atoms with Crippen LogP contribution in [-0.4, -0.2) is 51.1 Å². The number of benzene rings is 4. The molecule has 0 radical (unpaired) electrons. The number of alkyl carbamates (subject to hydrolysis) is 1. The second-order valence-electron chi connectivity index (χ2n) is 26.6. The number of nitrogens with zero attached hydrogens (tertiary/aromatic N) is 2. The first-order valence-electron chi connectivity index (χ1n) is 32.3. The molecule has 0 spiro atoms. The maximum atomic E-state index is 13.7. The second kappa shape index (κ2) is 24.4. The van der Waals surface area contributed by atoms with Crippen LogP contribution in [0.25, 0.3) is 90.9 Å². The van der Waals surface area contributed by atoms with Crippen molar-refractivity contribution in [3.05, 3.63) is 180 Å². The third kappa shape index (κ3) is 11.2. The molecule has 7 aromatic rings. The predicted octanol–water partition coefficient (Wildman–Crippen LogP) is 19.0. The third-order valence-corrected chi connectivity index (χ3v) is 21.1. The van der Waals surface area contributed by atoms with Gasteiger partial charge in [0.25, 0.3) is 5.91 Å². The van der Waals surface area contributed by atoms with E-state index in [1.165, 1.54) is 51.4 Å². The molecule has 8 bridgehead atoms. The van der Waals surface area contributed by atoms with E-state index in [-0.39, 0.29) is 23.5 Å². The molecule has 440 valence electrons. The summed E-state index contributed by atoms with van der Waals surface area (Å²) in [5.74, 6) is 4.71. The Morgan fingerprint density at radius 1 is 0.558 bits per heavy atom. The highest BCUT2D eigenvalue weighted by Crippen LogP contribution is 2.67. The van der Waals surface area contributed by atoms with Crippen LogP contribution in [0.4, 0.5) is 4.79 Å². The Bertz CT molecular complexity index is 3860. The minimum Gasteiger partial charge on any atom is -0.446 e. The molecule has 4 N–H and O–H groups in total. The number of fused-ring (bicyclic) bond motifs is 13. The lowest BCUT2D eigenvalue weighted by atomic mass is 9.47. The number of nitrogens with one attached hydrogen (secondary N) is 4. The molecule has 3 saturated carbocycles. The molecule has 4 aromatic carbocycles. The molecule has 5 heterocycles. The number of hydrogen-bond donors (Lipinski definition) is 4. The van der Waals surface area contributed by atoms with Crippen LogP contribution in [0.2, 0.25) is 0 Å². The fraction of sp³-hybridized carbons (Fsp3) is 0.377. The Morgan fingerprint density at radius 3 is 1.57 bits per heavy atom. The number of carbonyl (C=O) groups excluding carboxylic acids is 2. The molecule has 2 amide bonds. The van der Waals surface area contributed by atoms with E-state index in [0.29, 0.717) is 24.1 Å². The van der Waals surface area contributed by atoms with Crippen molar-refractivity contribution in [1.82, 2.24) is 30.6 Å². The normalized spacial score (nSPS) is 23.2. The van der Waals surface area contributed by atoms with Gasteiger partial charge in [0.1, 0.15) is 6.10 Å². The second-order valence-corrected chi connectivity index (χ2v) is 26.6. The molecule has 9 heteroatoms. The monoisotopic (exact) mass is 1140 g/mol. The third-order valence-electron chi connectivity index (χ3n) is 21.1. The summed E-state index contributed by atoms with van der Waals surface area (Å²) in [7, 11) is 0. The van der Waals surface area contributed by atoms with Gasteiger partial charge in [-0.1, -0.05) is 169 Å². The van der Waals surface area contributed by atoms with Crippen LogP contribution < -0.4 is 10.6 Å². The minimum atomic E-state index is -0.331. The van der Waals surface area contributed by atoms with Gasteiger partial charge in [0, 0.05) is 69.4 Å². The highest BCUT2D eigenvalue weighted by Gasteiger charge is 2.59. The maximum absolute atomic E-state index is 13.7. The largest absolute Gasteiger partial charge is 0.446 e. The molecule has 13 rings (SSSR count).